The summed E-state index contributed by atoms with van der Waals surface area (Å²) in [6.45, 7) is 0.470. The van der Waals surface area contributed by atoms with Crippen LogP contribution < -0.4 is 5.73 Å². The topological polar surface area (TPSA) is 66.6 Å². The first-order valence-electron chi connectivity index (χ1n) is 5.90. The van der Waals surface area contributed by atoms with Gasteiger partial charge in [-0.05, 0) is 29.1 Å². The van der Waals surface area contributed by atoms with E-state index in [-0.39, 0.29) is 11.7 Å². The number of aromatic hydroxyl groups is 1. The molecule has 2 rings (SSSR count). The lowest BCUT2D eigenvalue weighted by Gasteiger charge is -2.20. The summed E-state index contributed by atoms with van der Waals surface area (Å²) in [6.07, 6.45) is 0. The van der Waals surface area contributed by atoms with Crippen molar-refractivity contribution in [2.75, 3.05) is 7.05 Å². The Morgan fingerprint density at radius 1 is 1.37 bits per heavy atom. The molecule has 0 aliphatic rings. The number of nitrogens with two attached hydrogens (primary N) is 1. The molecule has 100 valence electrons. The number of nitrogens with zero attached hydrogens (tertiary/aromatic N) is 1. The molecule has 1 heterocycles. The van der Waals surface area contributed by atoms with E-state index in [0.29, 0.717) is 6.54 Å². The van der Waals surface area contributed by atoms with Crippen molar-refractivity contribution in [2.24, 2.45) is 5.73 Å². The second kappa shape index (κ2) is 5.86. The van der Waals surface area contributed by atoms with Crippen molar-refractivity contribution in [2.45, 2.75) is 12.6 Å². The molecule has 0 radical (unpaired) electrons. The smallest absolute Gasteiger partial charge is 0.244 e. The zero-order valence-corrected chi connectivity index (χ0v) is 11.4. The Morgan fingerprint density at radius 3 is 2.63 bits per heavy atom. The van der Waals surface area contributed by atoms with Crippen molar-refractivity contribution >= 4 is 17.2 Å². The molecule has 19 heavy (non-hydrogen) atoms. The number of carbonyl (C=O) groups is 1. The summed E-state index contributed by atoms with van der Waals surface area (Å²) in [5.41, 5.74) is 6.89. The van der Waals surface area contributed by atoms with E-state index < -0.39 is 6.04 Å². The number of carbonyl (C=O) groups excluding carboxylic acids is 1. The third-order valence-electron chi connectivity index (χ3n) is 2.85. The highest BCUT2D eigenvalue weighted by Gasteiger charge is 2.20. The Labute approximate surface area is 116 Å². The van der Waals surface area contributed by atoms with Gasteiger partial charge in [-0.1, -0.05) is 18.2 Å². The molecule has 4 nitrogen and oxygen atoms in total. The molecule has 0 saturated carbocycles. The maximum absolute atomic E-state index is 12.2. The van der Waals surface area contributed by atoms with E-state index in [1.54, 1.807) is 36.2 Å². The standard InChI is InChI=1S/C14H16N2O2S/c1-16(9-10-4-6-11(17)7-5-10)14(18)13(15)12-3-2-8-19-12/h2-8,13,17H,9,15H2,1H3. The normalized spacial score (nSPS) is 12.1. The summed E-state index contributed by atoms with van der Waals surface area (Å²) < 4.78 is 0. The van der Waals surface area contributed by atoms with Gasteiger partial charge in [-0.2, -0.15) is 0 Å². The highest BCUT2D eigenvalue weighted by molar-refractivity contribution is 7.10. The average molecular weight is 276 g/mol. The van der Waals surface area contributed by atoms with Crippen LogP contribution >= 0.6 is 11.3 Å². The summed E-state index contributed by atoms with van der Waals surface area (Å²) in [4.78, 5) is 14.6. The molecule has 1 aromatic carbocycles. The van der Waals surface area contributed by atoms with Crippen molar-refractivity contribution in [3.63, 3.8) is 0 Å². The second-order valence-corrected chi connectivity index (χ2v) is 5.33. The molecule has 0 aliphatic carbocycles. The Bertz CT molecular complexity index is 537. The van der Waals surface area contributed by atoms with E-state index in [1.807, 2.05) is 17.5 Å². The van der Waals surface area contributed by atoms with Gasteiger partial charge in [0.25, 0.3) is 0 Å². The lowest BCUT2D eigenvalue weighted by Crippen LogP contribution is -2.35. The molecule has 0 spiro atoms. The van der Waals surface area contributed by atoms with Gasteiger partial charge in [0.05, 0.1) is 0 Å². The van der Waals surface area contributed by atoms with Gasteiger partial charge in [-0.3, -0.25) is 4.79 Å². The largest absolute Gasteiger partial charge is 0.508 e. The van der Waals surface area contributed by atoms with Crippen LogP contribution in [0.5, 0.6) is 5.75 Å². The Hall–Kier alpha value is -1.85. The molecule has 1 atom stereocenters. The number of amides is 1. The Balaban J connectivity index is 2.01. The van der Waals surface area contributed by atoms with Crippen LogP contribution in [-0.2, 0) is 11.3 Å². The predicted molar refractivity (Wildman–Crippen MR) is 75.8 cm³/mol. The van der Waals surface area contributed by atoms with E-state index in [9.17, 15) is 9.90 Å². The minimum atomic E-state index is -0.609. The van der Waals surface area contributed by atoms with Crippen molar-refractivity contribution in [1.29, 1.82) is 0 Å². The van der Waals surface area contributed by atoms with Gasteiger partial charge < -0.3 is 15.7 Å². The van der Waals surface area contributed by atoms with Crippen molar-refractivity contribution < 1.29 is 9.90 Å². The van der Waals surface area contributed by atoms with Crippen LogP contribution in [0.15, 0.2) is 41.8 Å². The van der Waals surface area contributed by atoms with E-state index in [0.717, 1.165) is 10.4 Å². The molecule has 2 aromatic rings. The number of likely N-dealkylation sites (N-methyl/N-ethyl adjacent to an activating group) is 1. The van der Waals surface area contributed by atoms with Crippen LogP contribution in [0.2, 0.25) is 0 Å². The highest BCUT2D eigenvalue weighted by atomic mass is 32.1. The maximum atomic E-state index is 12.2. The molecule has 0 bridgehead atoms. The van der Waals surface area contributed by atoms with Crippen LogP contribution in [0.1, 0.15) is 16.5 Å². The first-order valence-corrected chi connectivity index (χ1v) is 6.78. The molecular formula is C14H16N2O2S. The molecule has 3 N–H and O–H groups in total. The number of thiophene rings is 1. The van der Waals surface area contributed by atoms with E-state index in [2.05, 4.69) is 0 Å². The van der Waals surface area contributed by atoms with Gasteiger partial charge in [-0.15, -0.1) is 11.3 Å². The lowest BCUT2D eigenvalue weighted by atomic mass is 10.2. The molecule has 1 amide bonds. The molecular weight excluding hydrogens is 260 g/mol. The fraction of sp³-hybridized carbons (Fsp3) is 0.214. The van der Waals surface area contributed by atoms with Crippen LogP contribution in [-0.4, -0.2) is 23.0 Å². The molecule has 0 fully saturated rings. The van der Waals surface area contributed by atoms with Gasteiger partial charge in [0.15, 0.2) is 0 Å². The highest BCUT2D eigenvalue weighted by Crippen LogP contribution is 2.19. The maximum Gasteiger partial charge on any atom is 0.244 e. The zero-order chi connectivity index (χ0) is 13.8. The third kappa shape index (κ3) is 3.33. The average Bonchev–Trinajstić information content (AvgIpc) is 2.93. The zero-order valence-electron chi connectivity index (χ0n) is 10.6. The summed E-state index contributed by atoms with van der Waals surface area (Å²) in [5.74, 6) is 0.101. The number of rotatable bonds is 4. The lowest BCUT2D eigenvalue weighted by molar-refractivity contribution is -0.131. The van der Waals surface area contributed by atoms with E-state index in [4.69, 9.17) is 5.73 Å². The van der Waals surface area contributed by atoms with Gasteiger partial charge >= 0.3 is 0 Å². The summed E-state index contributed by atoms with van der Waals surface area (Å²) in [5, 5.41) is 11.1. The second-order valence-electron chi connectivity index (χ2n) is 4.35. The number of phenolic OH excluding ortho intramolecular Hbond substituents is 1. The predicted octanol–water partition coefficient (Wildman–Crippen LogP) is 2.11. The fourth-order valence-electron chi connectivity index (χ4n) is 1.78. The summed E-state index contributed by atoms with van der Waals surface area (Å²) in [7, 11) is 1.72. The van der Waals surface area contributed by atoms with Gasteiger partial charge in [0, 0.05) is 18.5 Å². The molecule has 1 unspecified atom stereocenters. The number of benzene rings is 1. The van der Waals surface area contributed by atoms with Crippen molar-refractivity contribution in [1.82, 2.24) is 4.90 Å². The van der Waals surface area contributed by atoms with Crippen LogP contribution in [0.4, 0.5) is 0 Å². The summed E-state index contributed by atoms with van der Waals surface area (Å²) in [6, 6.07) is 9.92. The minimum absolute atomic E-state index is 0.115. The number of hydrogen-bond donors (Lipinski definition) is 2. The van der Waals surface area contributed by atoms with Crippen molar-refractivity contribution in [3.8, 4) is 5.75 Å². The molecule has 0 aliphatic heterocycles. The van der Waals surface area contributed by atoms with Crippen LogP contribution in [0.25, 0.3) is 0 Å². The van der Waals surface area contributed by atoms with Gasteiger partial charge in [0.2, 0.25) is 5.91 Å². The molecule has 1 aromatic heterocycles. The quantitative estimate of drug-likeness (QED) is 0.899. The van der Waals surface area contributed by atoms with Gasteiger partial charge in [0.1, 0.15) is 11.8 Å². The Morgan fingerprint density at radius 2 is 2.05 bits per heavy atom. The minimum Gasteiger partial charge on any atom is -0.508 e. The number of phenols is 1. The first-order chi connectivity index (χ1) is 9.08. The van der Waals surface area contributed by atoms with E-state index in [1.165, 1.54) is 11.3 Å². The first kappa shape index (κ1) is 13.6. The molecule has 0 saturated heterocycles. The van der Waals surface area contributed by atoms with Crippen LogP contribution in [0.3, 0.4) is 0 Å². The molecule has 5 heteroatoms. The summed E-state index contributed by atoms with van der Waals surface area (Å²) >= 11 is 1.48. The fourth-order valence-corrected chi connectivity index (χ4v) is 2.50. The van der Waals surface area contributed by atoms with Crippen LogP contribution in [0, 0.1) is 0 Å². The van der Waals surface area contributed by atoms with Gasteiger partial charge in [-0.25, -0.2) is 0 Å². The Kier molecular flexibility index (Phi) is 4.19. The SMILES string of the molecule is CN(Cc1ccc(O)cc1)C(=O)C(N)c1cccs1. The van der Waals surface area contributed by atoms with Crippen molar-refractivity contribution in [3.05, 3.63) is 52.2 Å². The monoisotopic (exact) mass is 276 g/mol. The van der Waals surface area contributed by atoms with E-state index >= 15 is 0 Å². The number of hydrogen-bond acceptors (Lipinski definition) is 4. The third-order valence-corrected chi connectivity index (χ3v) is 3.80.